The molecule has 0 aliphatic rings. The van der Waals surface area contributed by atoms with Crippen LogP contribution in [0.4, 0.5) is 0 Å². The van der Waals surface area contributed by atoms with Gasteiger partial charge in [-0.1, -0.05) is 17.7 Å². The molecule has 3 nitrogen and oxygen atoms in total. The Hall–Kier alpha value is -0.130. The fourth-order valence-corrected chi connectivity index (χ4v) is 1.80. The van der Waals surface area contributed by atoms with Gasteiger partial charge >= 0.3 is 0 Å². The number of rotatable bonds is 5. The third-order valence-corrected chi connectivity index (χ3v) is 3.57. The molecule has 3 N–H and O–H groups in total. The second-order valence-corrected chi connectivity index (χ2v) is 4.84. The molecule has 0 saturated heterocycles. The fourth-order valence-electron chi connectivity index (χ4n) is 1.37. The van der Waals surface area contributed by atoms with Crippen molar-refractivity contribution in [1.82, 2.24) is 5.32 Å². The molecule has 0 bridgehead atoms. The summed E-state index contributed by atoms with van der Waals surface area (Å²) in [7, 11) is 1.80. The Labute approximate surface area is 109 Å². The van der Waals surface area contributed by atoms with Crippen molar-refractivity contribution in [2.75, 3.05) is 13.6 Å². The first-order valence-corrected chi connectivity index (χ1v) is 6.19. The summed E-state index contributed by atoms with van der Waals surface area (Å²) in [6.07, 6.45) is -1.20. The number of benzene rings is 1. The van der Waals surface area contributed by atoms with Crippen molar-refractivity contribution in [2.24, 2.45) is 0 Å². The van der Waals surface area contributed by atoms with Crippen LogP contribution in [0.2, 0.25) is 5.02 Å². The average molecular weight is 309 g/mol. The summed E-state index contributed by atoms with van der Waals surface area (Å²) in [5.41, 5.74) is 0.622. The Morgan fingerprint density at radius 1 is 1.44 bits per heavy atom. The van der Waals surface area contributed by atoms with Gasteiger partial charge in [0.2, 0.25) is 0 Å². The molecule has 90 valence electrons. The van der Waals surface area contributed by atoms with E-state index >= 15 is 0 Å². The van der Waals surface area contributed by atoms with Gasteiger partial charge in [0, 0.05) is 4.47 Å². The number of aliphatic hydroxyl groups is 2. The Kier molecular flexibility index (Phi) is 5.72. The van der Waals surface area contributed by atoms with Gasteiger partial charge in [0.15, 0.2) is 0 Å². The van der Waals surface area contributed by atoms with E-state index in [-0.39, 0.29) is 0 Å². The van der Waals surface area contributed by atoms with E-state index in [1.807, 2.05) is 0 Å². The van der Waals surface area contributed by atoms with Gasteiger partial charge in [0.25, 0.3) is 0 Å². The van der Waals surface area contributed by atoms with Crippen molar-refractivity contribution in [3.63, 3.8) is 0 Å². The standard InChI is InChI=1S/C11H15BrClNO2/c1-14-5-4-10(15)11(16)7-2-3-8(12)9(13)6-7/h2-3,6,10-11,14-16H,4-5H2,1H3. The first kappa shape index (κ1) is 13.9. The Morgan fingerprint density at radius 3 is 2.69 bits per heavy atom. The van der Waals surface area contributed by atoms with Crippen molar-refractivity contribution in [1.29, 1.82) is 0 Å². The van der Waals surface area contributed by atoms with Crippen molar-refractivity contribution in [3.05, 3.63) is 33.3 Å². The highest BCUT2D eigenvalue weighted by Gasteiger charge is 2.18. The highest BCUT2D eigenvalue weighted by Crippen LogP contribution is 2.27. The zero-order valence-corrected chi connectivity index (χ0v) is 11.3. The van der Waals surface area contributed by atoms with E-state index in [9.17, 15) is 10.2 Å². The van der Waals surface area contributed by atoms with Gasteiger partial charge in [0.1, 0.15) is 6.10 Å². The highest BCUT2D eigenvalue weighted by atomic mass is 79.9. The molecule has 0 aliphatic heterocycles. The topological polar surface area (TPSA) is 52.5 Å². The van der Waals surface area contributed by atoms with Crippen LogP contribution >= 0.6 is 27.5 Å². The van der Waals surface area contributed by atoms with Crippen molar-refractivity contribution < 1.29 is 10.2 Å². The Balaban J connectivity index is 2.71. The number of aliphatic hydroxyl groups excluding tert-OH is 2. The zero-order valence-electron chi connectivity index (χ0n) is 8.95. The summed E-state index contributed by atoms with van der Waals surface area (Å²) >= 11 is 9.19. The minimum atomic E-state index is -0.904. The van der Waals surface area contributed by atoms with E-state index in [4.69, 9.17) is 11.6 Å². The van der Waals surface area contributed by atoms with E-state index in [1.54, 1.807) is 25.2 Å². The molecule has 0 spiro atoms. The first-order valence-electron chi connectivity index (χ1n) is 5.02. The summed E-state index contributed by atoms with van der Waals surface area (Å²) in [5.74, 6) is 0. The van der Waals surface area contributed by atoms with Crippen LogP contribution in [0.15, 0.2) is 22.7 Å². The molecule has 0 heterocycles. The normalized spacial score (nSPS) is 14.8. The second-order valence-electron chi connectivity index (χ2n) is 3.58. The lowest BCUT2D eigenvalue weighted by Crippen LogP contribution is -2.23. The van der Waals surface area contributed by atoms with Crippen molar-refractivity contribution in [3.8, 4) is 0 Å². The van der Waals surface area contributed by atoms with Crippen LogP contribution in [0.3, 0.4) is 0 Å². The molecule has 16 heavy (non-hydrogen) atoms. The lowest BCUT2D eigenvalue weighted by atomic mass is 10.0. The van der Waals surface area contributed by atoms with Crippen molar-refractivity contribution in [2.45, 2.75) is 18.6 Å². The number of hydrogen-bond donors (Lipinski definition) is 3. The molecule has 0 fully saturated rings. The van der Waals surface area contributed by atoms with E-state index < -0.39 is 12.2 Å². The van der Waals surface area contributed by atoms with Crippen LogP contribution in [0.25, 0.3) is 0 Å². The van der Waals surface area contributed by atoms with E-state index in [0.717, 1.165) is 4.47 Å². The molecule has 1 rings (SSSR count). The minimum absolute atomic E-state index is 0.491. The SMILES string of the molecule is CNCCC(O)C(O)c1ccc(Br)c(Cl)c1. The quantitative estimate of drug-likeness (QED) is 0.781. The van der Waals surface area contributed by atoms with Crippen molar-refractivity contribution >= 4 is 27.5 Å². The van der Waals surface area contributed by atoms with Gasteiger partial charge in [-0.2, -0.15) is 0 Å². The Bertz CT molecular complexity index is 349. The maximum atomic E-state index is 9.88. The van der Waals surface area contributed by atoms with Crippen LogP contribution in [0.5, 0.6) is 0 Å². The van der Waals surface area contributed by atoms with Gasteiger partial charge in [-0.25, -0.2) is 0 Å². The predicted molar refractivity (Wildman–Crippen MR) is 68.7 cm³/mol. The molecule has 1 aromatic rings. The summed E-state index contributed by atoms with van der Waals surface area (Å²) < 4.78 is 0.773. The monoisotopic (exact) mass is 307 g/mol. The predicted octanol–water partition coefficient (Wildman–Crippen LogP) is 2.11. The number of hydrogen-bond acceptors (Lipinski definition) is 3. The van der Waals surface area contributed by atoms with Gasteiger partial charge in [-0.3, -0.25) is 0 Å². The molecular weight excluding hydrogens is 293 g/mol. The maximum Gasteiger partial charge on any atom is 0.105 e. The van der Waals surface area contributed by atoms with Crippen LogP contribution < -0.4 is 5.32 Å². The lowest BCUT2D eigenvalue weighted by molar-refractivity contribution is 0.0140. The summed E-state index contributed by atoms with van der Waals surface area (Å²) in [4.78, 5) is 0. The Morgan fingerprint density at radius 2 is 2.12 bits per heavy atom. The smallest absolute Gasteiger partial charge is 0.105 e. The largest absolute Gasteiger partial charge is 0.390 e. The van der Waals surface area contributed by atoms with Gasteiger partial charge in [0.05, 0.1) is 11.1 Å². The van der Waals surface area contributed by atoms with E-state index in [0.29, 0.717) is 23.6 Å². The van der Waals surface area contributed by atoms with Crippen LogP contribution in [-0.2, 0) is 0 Å². The molecule has 0 aliphatic carbocycles. The lowest BCUT2D eigenvalue weighted by Gasteiger charge is -2.18. The minimum Gasteiger partial charge on any atom is -0.390 e. The third-order valence-electron chi connectivity index (χ3n) is 2.34. The summed E-state index contributed by atoms with van der Waals surface area (Å²) in [6.45, 7) is 0.655. The van der Waals surface area contributed by atoms with E-state index in [1.165, 1.54) is 0 Å². The first-order chi connectivity index (χ1) is 7.56. The molecule has 0 radical (unpaired) electrons. The molecular formula is C11H15BrClNO2. The maximum absolute atomic E-state index is 9.88. The van der Waals surface area contributed by atoms with Crippen LogP contribution in [-0.4, -0.2) is 29.9 Å². The molecule has 1 aromatic carbocycles. The molecule has 0 saturated carbocycles. The molecule has 5 heteroatoms. The van der Waals surface area contributed by atoms with E-state index in [2.05, 4.69) is 21.2 Å². The van der Waals surface area contributed by atoms with Gasteiger partial charge < -0.3 is 15.5 Å². The fraction of sp³-hybridized carbons (Fsp3) is 0.455. The summed E-state index contributed by atoms with van der Waals surface area (Å²) in [5, 5.41) is 23.0. The molecule has 2 unspecified atom stereocenters. The molecule has 2 atom stereocenters. The molecule has 0 amide bonds. The molecule has 0 aromatic heterocycles. The second kappa shape index (κ2) is 6.57. The third kappa shape index (κ3) is 3.71. The van der Waals surface area contributed by atoms with Gasteiger partial charge in [-0.05, 0) is 53.6 Å². The average Bonchev–Trinajstić information content (AvgIpc) is 2.28. The number of halogens is 2. The van der Waals surface area contributed by atoms with Gasteiger partial charge in [-0.15, -0.1) is 0 Å². The zero-order chi connectivity index (χ0) is 12.1. The van der Waals surface area contributed by atoms with Crippen LogP contribution in [0, 0.1) is 0 Å². The number of nitrogens with one attached hydrogen (secondary N) is 1. The summed E-state index contributed by atoms with van der Waals surface area (Å²) in [6, 6.07) is 5.15. The van der Waals surface area contributed by atoms with Crippen LogP contribution in [0.1, 0.15) is 18.1 Å². The highest BCUT2D eigenvalue weighted by molar-refractivity contribution is 9.10.